The number of rotatable bonds is 4. The number of carbonyl (C=O) groups excluding carboxylic acids is 2. The molecule has 3 amide bonds. The first-order valence-electron chi connectivity index (χ1n) is 7.65. The molecule has 5 nitrogen and oxygen atoms in total. The molecule has 0 radical (unpaired) electrons. The molecule has 5 heteroatoms. The van der Waals surface area contributed by atoms with Gasteiger partial charge >= 0.3 is 6.03 Å². The van der Waals surface area contributed by atoms with Crippen LogP contribution in [0.15, 0.2) is 60.7 Å². The van der Waals surface area contributed by atoms with Crippen molar-refractivity contribution in [3.05, 3.63) is 66.2 Å². The maximum absolute atomic E-state index is 12.1. The normalized spacial score (nSPS) is 17.1. The highest BCUT2D eigenvalue weighted by Gasteiger charge is 2.30. The van der Waals surface area contributed by atoms with E-state index in [0.717, 1.165) is 11.3 Å². The molecule has 0 saturated carbocycles. The van der Waals surface area contributed by atoms with Crippen LogP contribution in [-0.2, 0) is 11.3 Å². The Morgan fingerprint density at radius 3 is 2.39 bits per heavy atom. The number of amides is 3. The second-order valence-electron chi connectivity index (χ2n) is 5.63. The summed E-state index contributed by atoms with van der Waals surface area (Å²) in [6, 6.07) is 18.7. The third kappa shape index (κ3) is 4.10. The van der Waals surface area contributed by atoms with E-state index in [9.17, 15) is 9.59 Å². The van der Waals surface area contributed by atoms with Crippen LogP contribution in [0.2, 0.25) is 0 Å². The highest BCUT2D eigenvalue weighted by molar-refractivity contribution is 5.90. The lowest BCUT2D eigenvalue weighted by Gasteiger charge is -2.17. The Morgan fingerprint density at radius 1 is 1.04 bits per heavy atom. The topological polar surface area (TPSA) is 61.4 Å². The zero-order chi connectivity index (χ0) is 16.1. The van der Waals surface area contributed by atoms with Crippen molar-refractivity contribution >= 4 is 17.6 Å². The Labute approximate surface area is 135 Å². The molecule has 2 aromatic rings. The van der Waals surface area contributed by atoms with Crippen LogP contribution in [0.25, 0.3) is 0 Å². The van der Waals surface area contributed by atoms with Gasteiger partial charge in [0, 0.05) is 25.2 Å². The van der Waals surface area contributed by atoms with Crippen LogP contribution >= 0.6 is 0 Å². The van der Waals surface area contributed by atoms with Crippen molar-refractivity contribution in [2.24, 2.45) is 0 Å². The van der Waals surface area contributed by atoms with Gasteiger partial charge in [-0.3, -0.25) is 4.79 Å². The molecule has 1 atom stereocenters. The van der Waals surface area contributed by atoms with Crippen LogP contribution in [0.5, 0.6) is 0 Å². The monoisotopic (exact) mass is 309 g/mol. The van der Waals surface area contributed by atoms with Gasteiger partial charge in [0.2, 0.25) is 5.91 Å². The van der Waals surface area contributed by atoms with Crippen molar-refractivity contribution in [1.29, 1.82) is 0 Å². The molecule has 1 aliphatic rings. The van der Waals surface area contributed by atoms with Crippen LogP contribution in [0, 0.1) is 0 Å². The summed E-state index contributed by atoms with van der Waals surface area (Å²) in [5.41, 5.74) is 1.82. The zero-order valence-electron chi connectivity index (χ0n) is 12.7. The van der Waals surface area contributed by atoms with Gasteiger partial charge in [0.25, 0.3) is 0 Å². The van der Waals surface area contributed by atoms with Crippen molar-refractivity contribution in [2.75, 3.05) is 11.9 Å². The van der Waals surface area contributed by atoms with Crippen molar-refractivity contribution in [3.63, 3.8) is 0 Å². The minimum absolute atomic E-state index is 0.0684. The average molecular weight is 309 g/mol. The van der Waals surface area contributed by atoms with E-state index in [4.69, 9.17) is 0 Å². The fourth-order valence-electron chi connectivity index (χ4n) is 2.70. The molecule has 0 spiro atoms. The van der Waals surface area contributed by atoms with Crippen molar-refractivity contribution in [1.82, 2.24) is 10.2 Å². The van der Waals surface area contributed by atoms with Gasteiger partial charge in [0.15, 0.2) is 0 Å². The molecule has 2 aromatic carbocycles. The number of benzene rings is 2. The summed E-state index contributed by atoms with van der Waals surface area (Å²) in [5, 5.41) is 5.63. The summed E-state index contributed by atoms with van der Waals surface area (Å²) in [7, 11) is 0. The molecular weight excluding hydrogens is 290 g/mol. The van der Waals surface area contributed by atoms with E-state index < -0.39 is 0 Å². The van der Waals surface area contributed by atoms with Gasteiger partial charge in [-0.25, -0.2) is 4.79 Å². The Kier molecular flexibility index (Phi) is 4.57. The minimum Gasteiger partial charge on any atom is -0.336 e. The first-order valence-corrected chi connectivity index (χ1v) is 7.65. The first kappa shape index (κ1) is 15.1. The number of hydrogen-bond acceptors (Lipinski definition) is 2. The van der Waals surface area contributed by atoms with Crippen LogP contribution in [0.1, 0.15) is 12.0 Å². The van der Waals surface area contributed by atoms with Crippen LogP contribution in [-0.4, -0.2) is 29.4 Å². The maximum atomic E-state index is 12.1. The highest BCUT2D eigenvalue weighted by Crippen LogP contribution is 2.15. The summed E-state index contributed by atoms with van der Waals surface area (Å²) >= 11 is 0. The second kappa shape index (κ2) is 6.96. The average Bonchev–Trinajstić information content (AvgIpc) is 2.88. The smallest absolute Gasteiger partial charge is 0.319 e. The molecule has 118 valence electrons. The van der Waals surface area contributed by atoms with E-state index in [0.29, 0.717) is 19.5 Å². The van der Waals surface area contributed by atoms with Gasteiger partial charge in [-0.2, -0.15) is 0 Å². The largest absolute Gasteiger partial charge is 0.336 e. The number of para-hydroxylation sites is 1. The molecular formula is C18H19N3O2. The summed E-state index contributed by atoms with van der Waals surface area (Å²) in [6.07, 6.45) is 0.342. The molecule has 1 saturated heterocycles. The summed E-state index contributed by atoms with van der Waals surface area (Å²) in [4.78, 5) is 25.9. The molecule has 1 heterocycles. The fourth-order valence-corrected chi connectivity index (χ4v) is 2.70. The van der Waals surface area contributed by atoms with E-state index in [1.54, 1.807) is 4.90 Å². The number of likely N-dealkylation sites (tertiary alicyclic amines) is 1. The van der Waals surface area contributed by atoms with Gasteiger partial charge in [-0.15, -0.1) is 0 Å². The molecule has 0 aromatic heterocycles. The number of urea groups is 1. The van der Waals surface area contributed by atoms with Crippen molar-refractivity contribution < 1.29 is 9.59 Å². The van der Waals surface area contributed by atoms with Crippen LogP contribution in [0.3, 0.4) is 0 Å². The maximum Gasteiger partial charge on any atom is 0.319 e. The predicted octanol–water partition coefficient (Wildman–Crippen LogP) is 2.61. The molecule has 3 rings (SSSR count). The lowest BCUT2D eigenvalue weighted by atomic mass is 10.2. The third-order valence-electron chi connectivity index (χ3n) is 3.80. The third-order valence-corrected chi connectivity index (χ3v) is 3.80. The summed E-state index contributed by atoms with van der Waals surface area (Å²) in [5.74, 6) is 0.0684. The molecule has 23 heavy (non-hydrogen) atoms. The van der Waals surface area contributed by atoms with E-state index in [1.807, 2.05) is 60.7 Å². The van der Waals surface area contributed by atoms with Crippen LogP contribution < -0.4 is 10.6 Å². The Bertz CT molecular complexity index is 673. The van der Waals surface area contributed by atoms with E-state index in [2.05, 4.69) is 10.6 Å². The zero-order valence-corrected chi connectivity index (χ0v) is 12.7. The molecule has 0 bridgehead atoms. The molecule has 0 aliphatic carbocycles. The number of nitrogens with zero attached hydrogens (tertiary/aromatic N) is 1. The summed E-state index contributed by atoms with van der Waals surface area (Å²) < 4.78 is 0. The molecule has 1 fully saturated rings. The van der Waals surface area contributed by atoms with Crippen LogP contribution in [0.4, 0.5) is 10.5 Å². The molecule has 2 N–H and O–H groups in total. The number of carbonyl (C=O) groups is 2. The summed E-state index contributed by atoms with van der Waals surface area (Å²) in [6.45, 7) is 1.12. The quantitative estimate of drug-likeness (QED) is 0.912. The Morgan fingerprint density at radius 2 is 1.70 bits per heavy atom. The van der Waals surface area contributed by atoms with E-state index >= 15 is 0 Å². The number of hydrogen-bond donors (Lipinski definition) is 2. The standard InChI is InChI=1S/C18H19N3O2/c22-17-11-16(13-21(17)12-14-7-3-1-4-8-14)20-18(23)19-15-9-5-2-6-10-15/h1-10,16H,11-13H2,(H2,19,20,23). The number of nitrogens with one attached hydrogen (secondary N) is 2. The highest BCUT2D eigenvalue weighted by atomic mass is 16.2. The van der Waals surface area contributed by atoms with Gasteiger partial charge < -0.3 is 15.5 Å². The molecule has 1 aliphatic heterocycles. The van der Waals surface area contributed by atoms with E-state index in [1.165, 1.54) is 0 Å². The lowest BCUT2D eigenvalue weighted by molar-refractivity contribution is -0.128. The lowest BCUT2D eigenvalue weighted by Crippen LogP contribution is -2.39. The van der Waals surface area contributed by atoms with Crippen molar-refractivity contribution in [3.8, 4) is 0 Å². The van der Waals surface area contributed by atoms with Gasteiger partial charge in [0.1, 0.15) is 0 Å². The predicted molar refractivity (Wildman–Crippen MR) is 88.9 cm³/mol. The Hall–Kier alpha value is -2.82. The fraction of sp³-hybridized carbons (Fsp3) is 0.222. The van der Waals surface area contributed by atoms with Gasteiger partial charge in [-0.1, -0.05) is 48.5 Å². The van der Waals surface area contributed by atoms with E-state index in [-0.39, 0.29) is 18.0 Å². The molecule has 1 unspecified atom stereocenters. The van der Waals surface area contributed by atoms with Gasteiger partial charge in [-0.05, 0) is 17.7 Å². The van der Waals surface area contributed by atoms with Crippen molar-refractivity contribution in [2.45, 2.75) is 19.0 Å². The van der Waals surface area contributed by atoms with Gasteiger partial charge in [0.05, 0.1) is 6.04 Å². The second-order valence-corrected chi connectivity index (χ2v) is 5.63. The first-order chi connectivity index (χ1) is 11.2. The SMILES string of the molecule is O=C(Nc1ccccc1)NC1CC(=O)N(Cc2ccccc2)C1. The Balaban J connectivity index is 1.52. The minimum atomic E-state index is -0.282. The number of anilines is 1.